The van der Waals surface area contributed by atoms with Crippen LogP contribution in [0.2, 0.25) is 5.02 Å². The number of carbonyl (C=O) groups is 2. The van der Waals surface area contributed by atoms with E-state index in [1.165, 1.54) is 20.3 Å². The van der Waals surface area contributed by atoms with Gasteiger partial charge in [-0.05, 0) is 6.07 Å². The molecule has 1 amide bonds. The van der Waals surface area contributed by atoms with Crippen molar-refractivity contribution in [3.05, 3.63) is 29.3 Å². The Morgan fingerprint density at radius 1 is 1.12 bits per heavy atom. The first-order valence-electron chi connectivity index (χ1n) is 7.25. The molecule has 0 spiro atoms. The lowest BCUT2D eigenvalue weighted by Gasteiger charge is -2.22. The Hall–Kier alpha value is -2.25. The highest BCUT2D eigenvalue weighted by atomic mass is 35.5. The van der Waals surface area contributed by atoms with Gasteiger partial charge in [0.1, 0.15) is 17.4 Å². The molecular formula is C16H16ClNO6. The van der Waals surface area contributed by atoms with Crippen molar-refractivity contribution in [3.8, 4) is 11.5 Å². The van der Waals surface area contributed by atoms with Gasteiger partial charge in [-0.2, -0.15) is 0 Å². The minimum absolute atomic E-state index is 0.299. The monoisotopic (exact) mass is 353 g/mol. The van der Waals surface area contributed by atoms with Crippen LogP contribution in [0.5, 0.6) is 11.5 Å². The van der Waals surface area contributed by atoms with E-state index >= 15 is 0 Å². The summed E-state index contributed by atoms with van der Waals surface area (Å²) in [5.41, 5.74) is 0.337. The zero-order valence-electron chi connectivity index (χ0n) is 13.0. The van der Waals surface area contributed by atoms with Gasteiger partial charge in [-0.3, -0.25) is 9.59 Å². The highest BCUT2D eigenvalue weighted by Gasteiger charge is 2.53. The Morgan fingerprint density at radius 2 is 1.75 bits per heavy atom. The Bertz CT molecular complexity index is 719. The summed E-state index contributed by atoms with van der Waals surface area (Å²) >= 11 is 6.08. The van der Waals surface area contributed by atoms with E-state index in [4.69, 9.17) is 25.8 Å². The number of anilines is 1. The predicted molar refractivity (Wildman–Crippen MR) is 85.6 cm³/mol. The van der Waals surface area contributed by atoms with Crippen molar-refractivity contribution in [2.45, 2.75) is 12.2 Å². The molecule has 8 heteroatoms. The summed E-state index contributed by atoms with van der Waals surface area (Å²) in [5, 5.41) is 12.4. The molecular weight excluding hydrogens is 338 g/mol. The van der Waals surface area contributed by atoms with E-state index in [9.17, 15) is 14.7 Å². The highest BCUT2D eigenvalue weighted by molar-refractivity contribution is 6.32. The molecule has 1 fully saturated rings. The zero-order chi connectivity index (χ0) is 17.4. The predicted octanol–water partition coefficient (Wildman–Crippen LogP) is 1.95. The molecule has 24 heavy (non-hydrogen) atoms. The summed E-state index contributed by atoms with van der Waals surface area (Å²) in [4.78, 5) is 24.1. The highest BCUT2D eigenvalue weighted by Crippen LogP contribution is 2.41. The molecule has 2 N–H and O–H groups in total. The third-order valence-electron chi connectivity index (χ3n) is 4.22. The fraction of sp³-hybridized carbons (Fsp3) is 0.375. The van der Waals surface area contributed by atoms with Gasteiger partial charge in [0.25, 0.3) is 0 Å². The standard InChI is InChI=1S/C16H16ClNO6/c1-22-11-6-12(23-2)8(5-7(11)17)18-15(19)13-9-3-4-10(24-9)14(13)16(20)21/h3-6,9-10,13-14H,1-2H3,(H,18,19)(H,20,21)/t9-,10-,13-,14-/m0/s1. The first-order chi connectivity index (χ1) is 11.5. The van der Waals surface area contributed by atoms with Crippen molar-refractivity contribution in [1.82, 2.24) is 0 Å². The lowest BCUT2D eigenvalue weighted by molar-refractivity contribution is -0.145. The number of fused-ring (bicyclic) bond motifs is 2. The van der Waals surface area contributed by atoms with Crippen LogP contribution in [0.25, 0.3) is 0 Å². The second-order valence-corrected chi connectivity index (χ2v) is 5.92. The van der Waals surface area contributed by atoms with Gasteiger partial charge in [-0.15, -0.1) is 0 Å². The van der Waals surface area contributed by atoms with Gasteiger partial charge in [-0.1, -0.05) is 23.8 Å². The number of ether oxygens (including phenoxy) is 3. The molecule has 2 heterocycles. The lowest BCUT2D eigenvalue weighted by atomic mass is 9.82. The SMILES string of the molecule is COc1cc(OC)c(NC(=O)[C@@H]2[C@@H](C(=O)O)[C@@H]3C=C[C@@H]2O3)cc1Cl. The molecule has 4 atom stereocenters. The normalized spacial score (nSPS) is 27.1. The van der Waals surface area contributed by atoms with E-state index < -0.39 is 35.9 Å². The Balaban J connectivity index is 1.86. The van der Waals surface area contributed by atoms with Crippen molar-refractivity contribution in [2.24, 2.45) is 11.8 Å². The van der Waals surface area contributed by atoms with E-state index in [-0.39, 0.29) is 0 Å². The van der Waals surface area contributed by atoms with Crippen LogP contribution in [0.4, 0.5) is 5.69 Å². The first kappa shape index (κ1) is 16.6. The molecule has 1 aromatic rings. The maximum atomic E-state index is 12.6. The molecule has 2 aliphatic rings. The smallest absolute Gasteiger partial charge is 0.310 e. The molecule has 2 bridgehead atoms. The molecule has 0 unspecified atom stereocenters. The molecule has 1 aromatic carbocycles. The number of carbonyl (C=O) groups excluding carboxylic acids is 1. The summed E-state index contributed by atoms with van der Waals surface area (Å²) in [6, 6.07) is 3.04. The fourth-order valence-electron chi connectivity index (χ4n) is 3.09. The van der Waals surface area contributed by atoms with Crippen molar-refractivity contribution < 1.29 is 28.9 Å². The lowest BCUT2D eigenvalue weighted by Crippen LogP contribution is -2.39. The van der Waals surface area contributed by atoms with E-state index in [0.29, 0.717) is 22.2 Å². The van der Waals surface area contributed by atoms with E-state index in [1.807, 2.05) is 0 Å². The Morgan fingerprint density at radius 3 is 2.33 bits per heavy atom. The first-order valence-corrected chi connectivity index (χ1v) is 7.63. The molecule has 2 aliphatic heterocycles. The van der Waals surface area contributed by atoms with Gasteiger partial charge in [-0.25, -0.2) is 0 Å². The number of halogens is 1. The summed E-state index contributed by atoms with van der Waals surface area (Å²) in [7, 11) is 2.91. The molecule has 0 saturated carbocycles. The van der Waals surface area contributed by atoms with Crippen LogP contribution in [-0.2, 0) is 14.3 Å². The van der Waals surface area contributed by atoms with Crippen LogP contribution in [0.3, 0.4) is 0 Å². The van der Waals surface area contributed by atoms with E-state index in [2.05, 4.69) is 5.32 Å². The minimum Gasteiger partial charge on any atom is -0.495 e. The Kier molecular flexibility index (Phi) is 4.38. The number of amides is 1. The number of hydrogen-bond acceptors (Lipinski definition) is 5. The van der Waals surface area contributed by atoms with Crippen molar-refractivity contribution in [3.63, 3.8) is 0 Å². The maximum absolute atomic E-state index is 12.6. The quantitative estimate of drug-likeness (QED) is 0.786. The number of carboxylic acid groups (broad SMARTS) is 1. The fourth-order valence-corrected chi connectivity index (χ4v) is 3.33. The summed E-state index contributed by atoms with van der Waals surface area (Å²) < 4.78 is 15.8. The van der Waals surface area contributed by atoms with Crippen LogP contribution in [0, 0.1) is 11.8 Å². The second kappa shape index (κ2) is 6.33. The van der Waals surface area contributed by atoms with Gasteiger partial charge in [0.05, 0.1) is 43.1 Å². The average molecular weight is 354 g/mol. The largest absolute Gasteiger partial charge is 0.495 e. The van der Waals surface area contributed by atoms with Gasteiger partial charge >= 0.3 is 5.97 Å². The third kappa shape index (κ3) is 2.70. The number of nitrogens with one attached hydrogen (secondary N) is 1. The second-order valence-electron chi connectivity index (χ2n) is 5.52. The van der Waals surface area contributed by atoms with Crippen molar-refractivity contribution in [1.29, 1.82) is 0 Å². The minimum atomic E-state index is -1.06. The number of methoxy groups -OCH3 is 2. The number of carboxylic acids is 1. The van der Waals surface area contributed by atoms with Crippen molar-refractivity contribution in [2.75, 3.05) is 19.5 Å². The van der Waals surface area contributed by atoms with E-state index in [0.717, 1.165) is 0 Å². The molecule has 7 nitrogen and oxygen atoms in total. The molecule has 0 aromatic heterocycles. The van der Waals surface area contributed by atoms with Gasteiger partial charge in [0, 0.05) is 6.07 Å². The van der Waals surface area contributed by atoms with Crippen LogP contribution < -0.4 is 14.8 Å². The van der Waals surface area contributed by atoms with Crippen LogP contribution in [0.1, 0.15) is 0 Å². The zero-order valence-corrected chi connectivity index (χ0v) is 13.7. The van der Waals surface area contributed by atoms with Gasteiger partial charge in [0.15, 0.2) is 0 Å². The average Bonchev–Trinajstić information content (AvgIpc) is 3.16. The van der Waals surface area contributed by atoms with Gasteiger partial charge in [0.2, 0.25) is 5.91 Å². The summed E-state index contributed by atoms with van der Waals surface area (Å²) in [5.74, 6) is -2.49. The summed E-state index contributed by atoms with van der Waals surface area (Å²) in [6.45, 7) is 0. The number of aliphatic carboxylic acids is 1. The van der Waals surface area contributed by atoms with E-state index in [1.54, 1.807) is 18.2 Å². The number of benzene rings is 1. The Labute approximate surface area is 143 Å². The molecule has 1 saturated heterocycles. The molecule has 0 radical (unpaired) electrons. The molecule has 0 aliphatic carbocycles. The van der Waals surface area contributed by atoms with Crippen molar-refractivity contribution >= 4 is 29.2 Å². The van der Waals surface area contributed by atoms with Crippen LogP contribution in [-0.4, -0.2) is 43.4 Å². The van der Waals surface area contributed by atoms with Crippen LogP contribution >= 0.6 is 11.6 Å². The molecule has 128 valence electrons. The topological polar surface area (TPSA) is 94.1 Å². The number of hydrogen-bond donors (Lipinski definition) is 2. The van der Waals surface area contributed by atoms with Gasteiger partial charge < -0.3 is 24.6 Å². The van der Waals surface area contributed by atoms with Crippen LogP contribution in [0.15, 0.2) is 24.3 Å². The third-order valence-corrected chi connectivity index (χ3v) is 4.51. The molecule has 3 rings (SSSR count). The maximum Gasteiger partial charge on any atom is 0.310 e. The summed E-state index contributed by atoms with van der Waals surface area (Å²) in [6.07, 6.45) is 2.27. The number of rotatable bonds is 5.